The Bertz CT molecular complexity index is 289. The van der Waals surface area contributed by atoms with Crippen molar-refractivity contribution in [1.29, 1.82) is 0 Å². The van der Waals surface area contributed by atoms with Crippen LogP contribution in [0.25, 0.3) is 0 Å². The van der Waals surface area contributed by atoms with Gasteiger partial charge in [0.25, 0.3) is 0 Å². The lowest BCUT2D eigenvalue weighted by atomic mass is 9.98. The molecule has 3 heteroatoms. The third-order valence-electron chi connectivity index (χ3n) is 5.45. The van der Waals surface area contributed by atoms with Crippen molar-refractivity contribution in [1.82, 2.24) is 15.1 Å². The molecule has 2 unspecified atom stereocenters. The summed E-state index contributed by atoms with van der Waals surface area (Å²) in [7, 11) is 0. The fourth-order valence-corrected chi connectivity index (χ4v) is 3.97. The van der Waals surface area contributed by atoms with Crippen molar-refractivity contribution in [3.63, 3.8) is 0 Å². The zero-order chi connectivity index (χ0) is 15.3. The van der Waals surface area contributed by atoms with Crippen LogP contribution in [0.4, 0.5) is 0 Å². The Morgan fingerprint density at radius 3 is 2.38 bits per heavy atom. The molecule has 1 heterocycles. The average molecular weight is 296 g/mol. The molecular formula is C18H37N3. The van der Waals surface area contributed by atoms with Crippen LogP contribution in [-0.4, -0.2) is 60.6 Å². The Balaban J connectivity index is 1.67. The van der Waals surface area contributed by atoms with Crippen LogP contribution >= 0.6 is 0 Å². The Morgan fingerprint density at radius 1 is 1.05 bits per heavy atom. The topological polar surface area (TPSA) is 18.5 Å². The Hall–Kier alpha value is -0.120. The van der Waals surface area contributed by atoms with Gasteiger partial charge in [0.1, 0.15) is 0 Å². The van der Waals surface area contributed by atoms with Gasteiger partial charge in [-0.3, -0.25) is 4.90 Å². The lowest BCUT2D eigenvalue weighted by Gasteiger charge is -2.42. The molecule has 3 nitrogen and oxygen atoms in total. The summed E-state index contributed by atoms with van der Waals surface area (Å²) in [5.41, 5.74) is 0.340. The van der Waals surface area contributed by atoms with Crippen molar-refractivity contribution in [2.75, 3.05) is 39.3 Å². The number of nitrogens with zero attached hydrogens (tertiary/aromatic N) is 2. The van der Waals surface area contributed by atoms with Crippen molar-refractivity contribution in [2.24, 2.45) is 5.92 Å². The molecule has 2 aliphatic rings. The zero-order valence-electron chi connectivity index (χ0n) is 14.8. The smallest absolute Gasteiger partial charge is 0.0126 e. The standard InChI is InChI=1S/C18H37N3/c1-5-10-19-17-8-6-7-16(17)9-11-20-12-14-21(15-13-20)18(2,3)4/h16-17,19H,5-15H2,1-4H3. The number of rotatable bonds is 6. The van der Waals surface area contributed by atoms with Crippen molar-refractivity contribution in [3.05, 3.63) is 0 Å². The number of hydrogen-bond acceptors (Lipinski definition) is 3. The Kier molecular flexibility index (Phi) is 6.51. The maximum absolute atomic E-state index is 3.77. The van der Waals surface area contributed by atoms with E-state index < -0.39 is 0 Å². The Labute approximate surface area is 132 Å². The summed E-state index contributed by atoms with van der Waals surface area (Å²) in [6, 6.07) is 0.806. The molecule has 1 saturated heterocycles. The molecule has 2 fully saturated rings. The molecule has 1 saturated carbocycles. The van der Waals surface area contributed by atoms with E-state index in [0.29, 0.717) is 5.54 Å². The van der Waals surface area contributed by atoms with Crippen LogP contribution in [0.1, 0.15) is 59.8 Å². The van der Waals surface area contributed by atoms with E-state index in [4.69, 9.17) is 0 Å². The van der Waals surface area contributed by atoms with Crippen LogP contribution < -0.4 is 5.32 Å². The molecule has 0 bridgehead atoms. The van der Waals surface area contributed by atoms with E-state index in [9.17, 15) is 0 Å². The van der Waals surface area contributed by atoms with Gasteiger partial charge in [0.15, 0.2) is 0 Å². The summed E-state index contributed by atoms with van der Waals surface area (Å²) in [5.74, 6) is 0.928. The summed E-state index contributed by atoms with van der Waals surface area (Å²) in [6.07, 6.45) is 6.95. The summed E-state index contributed by atoms with van der Waals surface area (Å²) >= 11 is 0. The second-order valence-electron chi connectivity index (χ2n) is 8.04. The highest BCUT2D eigenvalue weighted by Crippen LogP contribution is 2.29. The monoisotopic (exact) mass is 295 g/mol. The average Bonchev–Trinajstić information content (AvgIpc) is 2.90. The third-order valence-corrected chi connectivity index (χ3v) is 5.45. The number of nitrogens with one attached hydrogen (secondary N) is 1. The molecule has 1 N–H and O–H groups in total. The Morgan fingerprint density at radius 2 is 1.76 bits per heavy atom. The minimum atomic E-state index is 0.340. The molecule has 0 aromatic heterocycles. The number of hydrogen-bond donors (Lipinski definition) is 1. The first kappa shape index (κ1) is 17.2. The molecule has 0 aromatic carbocycles. The maximum atomic E-state index is 3.77. The molecule has 124 valence electrons. The highest BCUT2D eigenvalue weighted by molar-refractivity contribution is 4.85. The van der Waals surface area contributed by atoms with E-state index in [1.54, 1.807) is 0 Å². The van der Waals surface area contributed by atoms with Crippen LogP contribution in [0, 0.1) is 5.92 Å². The van der Waals surface area contributed by atoms with Gasteiger partial charge in [-0.1, -0.05) is 13.3 Å². The molecule has 1 aliphatic carbocycles. The summed E-state index contributed by atoms with van der Waals surface area (Å²) in [5, 5.41) is 3.77. The van der Waals surface area contributed by atoms with Crippen molar-refractivity contribution >= 4 is 0 Å². The van der Waals surface area contributed by atoms with E-state index in [0.717, 1.165) is 12.0 Å². The van der Waals surface area contributed by atoms with Gasteiger partial charge in [-0.2, -0.15) is 0 Å². The van der Waals surface area contributed by atoms with Gasteiger partial charge in [0.2, 0.25) is 0 Å². The fourth-order valence-electron chi connectivity index (χ4n) is 3.97. The van der Waals surface area contributed by atoms with Crippen LogP contribution in [0.2, 0.25) is 0 Å². The minimum Gasteiger partial charge on any atom is -0.314 e. The van der Waals surface area contributed by atoms with Crippen LogP contribution in [0.3, 0.4) is 0 Å². The maximum Gasteiger partial charge on any atom is 0.0126 e. The second kappa shape index (κ2) is 7.94. The zero-order valence-corrected chi connectivity index (χ0v) is 14.8. The first-order valence-electron chi connectivity index (χ1n) is 9.21. The molecule has 2 rings (SSSR count). The summed E-state index contributed by atoms with van der Waals surface area (Å²) in [4.78, 5) is 5.32. The summed E-state index contributed by atoms with van der Waals surface area (Å²) < 4.78 is 0. The molecule has 0 radical (unpaired) electrons. The molecule has 2 atom stereocenters. The first-order valence-corrected chi connectivity index (χ1v) is 9.21. The highest BCUT2D eigenvalue weighted by atomic mass is 15.3. The van der Waals surface area contributed by atoms with Gasteiger partial charge in [-0.25, -0.2) is 0 Å². The molecule has 0 spiro atoms. The first-order chi connectivity index (χ1) is 10.0. The lowest BCUT2D eigenvalue weighted by Crippen LogP contribution is -2.53. The van der Waals surface area contributed by atoms with Crippen molar-refractivity contribution in [2.45, 2.75) is 71.4 Å². The number of piperazine rings is 1. The predicted molar refractivity (Wildman–Crippen MR) is 91.8 cm³/mol. The fraction of sp³-hybridized carbons (Fsp3) is 1.00. The van der Waals surface area contributed by atoms with E-state index in [1.807, 2.05) is 0 Å². The van der Waals surface area contributed by atoms with Crippen LogP contribution in [-0.2, 0) is 0 Å². The van der Waals surface area contributed by atoms with E-state index >= 15 is 0 Å². The van der Waals surface area contributed by atoms with Crippen LogP contribution in [0.5, 0.6) is 0 Å². The van der Waals surface area contributed by atoms with Crippen LogP contribution in [0.15, 0.2) is 0 Å². The molecule has 0 amide bonds. The van der Waals surface area contributed by atoms with Crippen molar-refractivity contribution < 1.29 is 0 Å². The van der Waals surface area contributed by atoms with Crippen molar-refractivity contribution in [3.8, 4) is 0 Å². The normalized spacial score (nSPS) is 29.1. The van der Waals surface area contributed by atoms with Gasteiger partial charge in [0.05, 0.1) is 0 Å². The second-order valence-corrected chi connectivity index (χ2v) is 8.04. The predicted octanol–water partition coefficient (Wildman–Crippen LogP) is 2.96. The van der Waals surface area contributed by atoms with Gasteiger partial charge in [-0.05, 0) is 65.5 Å². The quantitative estimate of drug-likeness (QED) is 0.813. The molecular weight excluding hydrogens is 258 g/mol. The largest absolute Gasteiger partial charge is 0.314 e. The van der Waals surface area contributed by atoms with E-state index in [2.05, 4.69) is 42.8 Å². The highest BCUT2D eigenvalue weighted by Gasteiger charge is 2.29. The van der Waals surface area contributed by atoms with E-state index in [-0.39, 0.29) is 0 Å². The third kappa shape index (κ3) is 5.22. The van der Waals surface area contributed by atoms with Gasteiger partial charge < -0.3 is 10.2 Å². The van der Waals surface area contributed by atoms with Gasteiger partial charge >= 0.3 is 0 Å². The summed E-state index contributed by atoms with van der Waals surface area (Å²) in [6.45, 7) is 16.8. The molecule has 21 heavy (non-hydrogen) atoms. The van der Waals surface area contributed by atoms with Gasteiger partial charge in [-0.15, -0.1) is 0 Å². The lowest BCUT2D eigenvalue weighted by molar-refractivity contribution is 0.0594. The SMILES string of the molecule is CCCNC1CCCC1CCN1CCN(C(C)(C)C)CC1. The molecule has 0 aromatic rings. The van der Waals surface area contributed by atoms with E-state index in [1.165, 1.54) is 71.4 Å². The molecule has 1 aliphatic heterocycles. The van der Waals surface area contributed by atoms with Gasteiger partial charge in [0, 0.05) is 37.8 Å². The minimum absolute atomic E-state index is 0.340.